The third kappa shape index (κ3) is 26.4. The van der Waals surface area contributed by atoms with Crippen LogP contribution in [0.4, 0.5) is 0 Å². The van der Waals surface area contributed by atoms with Crippen LogP contribution < -0.4 is 5.32 Å². The molecule has 0 heterocycles. The van der Waals surface area contributed by atoms with Gasteiger partial charge in [-0.3, -0.25) is 9.35 Å². The molecule has 0 fully saturated rings. The van der Waals surface area contributed by atoms with Gasteiger partial charge in [0.1, 0.15) is 0 Å². The van der Waals surface area contributed by atoms with Gasteiger partial charge in [0.2, 0.25) is 5.91 Å². The molecule has 0 aliphatic carbocycles. The summed E-state index contributed by atoms with van der Waals surface area (Å²) in [6.45, 7) is 4.44. The van der Waals surface area contributed by atoms with E-state index < -0.39 is 28.0 Å². The maximum Gasteiger partial charge on any atom is 0.267 e. The lowest BCUT2D eigenvalue weighted by atomic mass is 10.1. The number of aliphatic hydroxyl groups is 1. The number of nitrogens with one attached hydrogen (secondary N) is 1. The second-order valence-corrected chi connectivity index (χ2v) is 12.2. The Balaban J connectivity index is 4.12. The normalized spacial score (nSPS) is 13.9. The van der Waals surface area contributed by atoms with Gasteiger partial charge < -0.3 is 10.4 Å². The Hall–Kier alpha value is -1.18. The van der Waals surface area contributed by atoms with Gasteiger partial charge in [-0.1, -0.05) is 122 Å². The fraction of sp³-hybridized carbons (Fsp3) is 0.839. The van der Waals surface area contributed by atoms with E-state index in [2.05, 4.69) is 31.3 Å². The zero-order valence-electron chi connectivity index (χ0n) is 24.5. The number of carbonyl (C=O) groups is 1. The SMILES string of the molecule is CCCCC/C=C\CCCCCCCC(=O)NC(CS(=O)(=O)O)C(O)/C=C/CCCCCCCCCCC. The second kappa shape index (κ2) is 26.1. The highest BCUT2D eigenvalue weighted by atomic mass is 32.2. The Morgan fingerprint density at radius 3 is 1.63 bits per heavy atom. The fourth-order valence-electron chi connectivity index (χ4n) is 4.50. The molecule has 1 amide bonds. The lowest BCUT2D eigenvalue weighted by Crippen LogP contribution is -2.46. The van der Waals surface area contributed by atoms with Crippen LogP contribution in [0.1, 0.15) is 149 Å². The zero-order chi connectivity index (χ0) is 28.3. The van der Waals surface area contributed by atoms with E-state index in [0.717, 1.165) is 57.8 Å². The van der Waals surface area contributed by atoms with Crippen LogP contribution in [0, 0.1) is 0 Å². The predicted octanol–water partition coefficient (Wildman–Crippen LogP) is 8.06. The summed E-state index contributed by atoms with van der Waals surface area (Å²) in [4.78, 5) is 12.4. The van der Waals surface area contributed by atoms with Crippen molar-refractivity contribution in [3.05, 3.63) is 24.3 Å². The average Bonchev–Trinajstić information content (AvgIpc) is 2.86. The lowest BCUT2D eigenvalue weighted by Gasteiger charge is -2.21. The van der Waals surface area contributed by atoms with E-state index in [1.165, 1.54) is 70.6 Å². The number of allylic oxidation sites excluding steroid dienone is 3. The quantitative estimate of drug-likeness (QED) is 0.0538. The van der Waals surface area contributed by atoms with Crippen molar-refractivity contribution < 1.29 is 22.9 Å². The van der Waals surface area contributed by atoms with E-state index in [1.807, 2.05) is 6.08 Å². The molecule has 0 saturated carbocycles. The number of unbranched alkanes of at least 4 members (excludes halogenated alkanes) is 17. The monoisotopic (exact) mass is 557 g/mol. The van der Waals surface area contributed by atoms with Gasteiger partial charge in [-0.2, -0.15) is 8.42 Å². The maximum absolute atomic E-state index is 12.4. The highest BCUT2D eigenvalue weighted by molar-refractivity contribution is 7.85. The van der Waals surface area contributed by atoms with Gasteiger partial charge in [0, 0.05) is 6.42 Å². The summed E-state index contributed by atoms with van der Waals surface area (Å²) >= 11 is 0. The second-order valence-electron chi connectivity index (χ2n) is 10.7. The van der Waals surface area contributed by atoms with Crippen molar-refractivity contribution in [3.8, 4) is 0 Å². The molecule has 2 unspecified atom stereocenters. The third-order valence-electron chi connectivity index (χ3n) is 6.87. The van der Waals surface area contributed by atoms with Crippen molar-refractivity contribution in [1.82, 2.24) is 5.32 Å². The number of amides is 1. The van der Waals surface area contributed by atoms with Crippen LogP contribution in [0.2, 0.25) is 0 Å². The molecular weight excluding hydrogens is 498 g/mol. The molecule has 3 N–H and O–H groups in total. The Labute approximate surface area is 234 Å². The number of carbonyl (C=O) groups excluding carboxylic acids is 1. The zero-order valence-corrected chi connectivity index (χ0v) is 25.4. The van der Waals surface area contributed by atoms with Gasteiger partial charge in [0.25, 0.3) is 10.1 Å². The molecule has 0 radical (unpaired) electrons. The molecule has 6 nitrogen and oxygen atoms in total. The van der Waals surface area contributed by atoms with Crippen LogP contribution in [0.15, 0.2) is 24.3 Å². The van der Waals surface area contributed by atoms with Crippen LogP contribution in [-0.2, 0) is 14.9 Å². The Morgan fingerprint density at radius 1 is 0.684 bits per heavy atom. The number of hydrogen-bond donors (Lipinski definition) is 3. The average molecular weight is 558 g/mol. The molecule has 0 aromatic heterocycles. The highest BCUT2D eigenvalue weighted by Crippen LogP contribution is 2.12. The first-order valence-corrected chi connectivity index (χ1v) is 17.1. The summed E-state index contributed by atoms with van der Waals surface area (Å²) in [6, 6.07) is -1.05. The minimum atomic E-state index is -4.33. The van der Waals surface area contributed by atoms with Crippen molar-refractivity contribution in [1.29, 1.82) is 0 Å². The predicted molar refractivity (Wildman–Crippen MR) is 161 cm³/mol. The number of aliphatic hydroxyl groups excluding tert-OH is 1. The van der Waals surface area contributed by atoms with Gasteiger partial charge in [0.15, 0.2) is 0 Å². The topological polar surface area (TPSA) is 104 Å². The van der Waals surface area contributed by atoms with Gasteiger partial charge in [-0.05, 0) is 44.9 Å². The molecule has 38 heavy (non-hydrogen) atoms. The number of rotatable bonds is 27. The molecule has 0 spiro atoms. The third-order valence-corrected chi connectivity index (χ3v) is 7.65. The minimum Gasteiger partial charge on any atom is -0.387 e. The minimum absolute atomic E-state index is 0.286. The van der Waals surface area contributed by atoms with Gasteiger partial charge in [0.05, 0.1) is 17.9 Å². The standard InChI is InChI=1S/C31H59NO5S/c1-3-5-7-9-11-13-15-17-19-21-23-25-27-31(34)32-29(28-38(35,36)37)30(33)26-24-22-20-18-16-14-12-10-8-6-4-2/h11,13,24,26,29-30,33H,3-10,12,14-23,25,27-28H2,1-2H3,(H,32,34)(H,35,36,37)/b13-11-,26-24+. The first-order chi connectivity index (χ1) is 18.3. The van der Waals surface area contributed by atoms with Crippen LogP contribution in [0.5, 0.6) is 0 Å². The molecule has 0 rings (SSSR count). The molecule has 0 aliphatic heterocycles. The van der Waals surface area contributed by atoms with Crippen LogP contribution >= 0.6 is 0 Å². The molecule has 2 atom stereocenters. The van der Waals surface area contributed by atoms with Crippen molar-refractivity contribution >= 4 is 16.0 Å². The van der Waals surface area contributed by atoms with Crippen molar-refractivity contribution in [2.24, 2.45) is 0 Å². The fourth-order valence-corrected chi connectivity index (χ4v) is 5.23. The summed E-state index contributed by atoms with van der Waals surface area (Å²) in [5.74, 6) is -0.992. The van der Waals surface area contributed by atoms with Crippen LogP contribution in [0.3, 0.4) is 0 Å². The Bertz CT molecular complexity index is 705. The molecule has 0 bridgehead atoms. The van der Waals surface area contributed by atoms with Gasteiger partial charge in [-0.25, -0.2) is 0 Å². The van der Waals surface area contributed by atoms with Crippen molar-refractivity contribution in [2.45, 2.75) is 161 Å². The molecule has 0 saturated heterocycles. The molecule has 0 aromatic rings. The molecule has 7 heteroatoms. The van der Waals surface area contributed by atoms with Crippen LogP contribution in [-0.4, -0.2) is 41.9 Å². The van der Waals surface area contributed by atoms with E-state index in [1.54, 1.807) is 6.08 Å². The first kappa shape index (κ1) is 36.8. The smallest absolute Gasteiger partial charge is 0.267 e. The highest BCUT2D eigenvalue weighted by Gasteiger charge is 2.24. The van der Waals surface area contributed by atoms with Gasteiger partial charge in [-0.15, -0.1) is 0 Å². The van der Waals surface area contributed by atoms with E-state index in [4.69, 9.17) is 0 Å². The summed E-state index contributed by atoms with van der Waals surface area (Å²) < 4.78 is 32.1. The summed E-state index contributed by atoms with van der Waals surface area (Å²) in [7, 11) is -4.33. The molecule has 0 aromatic carbocycles. The Morgan fingerprint density at radius 2 is 1.11 bits per heavy atom. The molecular formula is C31H59NO5S. The first-order valence-electron chi connectivity index (χ1n) is 15.5. The Kier molecular flexibility index (Phi) is 25.3. The van der Waals surface area contributed by atoms with E-state index in [9.17, 15) is 22.9 Å². The van der Waals surface area contributed by atoms with E-state index in [0.29, 0.717) is 0 Å². The van der Waals surface area contributed by atoms with E-state index >= 15 is 0 Å². The van der Waals surface area contributed by atoms with Gasteiger partial charge >= 0.3 is 0 Å². The summed E-state index contributed by atoms with van der Waals surface area (Å²) in [6.07, 6.45) is 30.1. The summed E-state index contributed by atoms with van der Waals surface area (Å²) in [5, 5.41) is 13.1. The summed E-state index contributed by atoms with van der Waals surface area (Å²) in [5.41, 5.74) is 0. The van der Waals surface area contributed by atoms with Crippen molar-refractivity contribution in [3.63, 3.8) is 0 Å². The molecule has 224 valence electrons. The number of hydrogen-bond acceptors (Lipinski definition) is 4. The van der Waals surface area contributed by atoms with Crippen LogP contribution in [0.25, 0.3) is 0 Å². The molecule has 0 aliphatic rings. The van der Waals surface area contributed by atoms with Crippen molar-refractivity contribution in [2.75, 3.05) is 5.75 Å². The maximum atomic E-state index is 12.4. The lowest BCUT2D eigenvalue weighted by molar-refractivity contribution is -0.122. The van der Waals surface area contributed by atoms with E-state index in [-0.39, 0.29) is 12.3 Å². The largest absolute Gasteiger partial charge is 0.387 e.